The topological polar surface area (TPSA) is 20.2 Å². The van der Waals surface area contributed by atoms with Gasteiger partial charge in [0.1, 0.15) is 0 Å². The molecule has 1 aliphatic rings. The summed E-state index contributed by atoms with van der Waals surface area (Å²) in [5, 5.41) is 9.30. The summed E-state index contributed by atoms with van der Waals surface area (Å²) in [6, 6.07) is 0. The molecular formula is C9H18O. The Morgan fingerprint density at radius 1 is 1.00 bits per heavy atom. The lowest BCUT2D eigenvalue weighted by Gasteiger charge is -2.18. The van der Waals surface area contributed by atoms with E-state index in [9.17, 15) is 5.11 Å². The molecule has 0 aromatic heterocycles. The molecule has 0 atom stereocenters. The zero-order valence-electron chi connectivity index (χ0n) is 6.84. The molecule has 0 aromatic rings. The zero-order chi connectivity index (χ0) is 7.40. The summed E-state index contributed by atoms with van der Waals surface area (Å²) in [4.78, 5) is 0. The second-order valence-electron chi connectivity index (χ2n) is 3.62. The number of rotatable bonds is 0. The van der Waals surface area contributed by atoms with Crippen molar-refractivity contribution in [3.8, 4) is 0 Å². The molecule has 0 spiro atoms. The Balaban J connectivity index is 2.21. The molecule has 0 bridgehead atoms. The van der Waals surface area contributed by atoms with Gasteiger partial charge in [-0.2, -0.15) is 0 Å². The lowest BCUT2D eigenvalue weighted by molar-refractivity contribution is 0.135. The molecule has 1 N–H and O–H groups in total. The molecule has 0 saturated heterocycles. The highest BCUT2D eigenvalue weighted by atomic mass is 16.3. The summed E-state index contributed by atoms with van der Waals surface area (Å²) >= 11 is 0. The fourth-order valence-electron chi connectivity index (χ4n) is 1.69. The van der Waals surface area contributed by atoms with Crippen LogP contribution in [-0.2, 0) is 0 Å². The van der Waals surface area contributed by atoms with Crippen LogP contribution in [0, 0.1) is 5.92 Å². The molecule has 0 amide bonds. The summed E-state index contributed by atoms with van der Waals surface area (Å²) in [5.74, 6) is 0.896. The van der Waals surface area contributed by atoms with Crippen molar-refractivity contribution in [2.24, 2.45) is 5.92 Å². The van der Waals surface area contributed by atoms with Gasteiger partial charge in [-0.05, 0) is 18.8 Å². The van der Waals surface area contributed by atoms with Crippen molar-refractivity contribution in [2.75, 3.05) is 0 Å². The monoisotopic (exact) mass is 142 g/mol. The Bertz CT molecular complexity index is 70.7. The molecule has 1 fully saturated rings. The molecule has 60 valence electrons. The van der Waals surface area contributed by atoms with E-state index >= 15 is 0 Å². The van der Waals surface area contributed by atoms with E-state index in [1.165, 1.54) is 25.7 Å². The average molecular weight is 142 g/mol. The van der Waals surface area contributed by atoms with E-state index in [1.54, 1.807) is 0 Å². The summed E-state index contributed by atoms with van der Waals surface area (Å²) in [5.41, 5.74) is 0. The first-order valence-corrected chi connectivity index (χ1v) is 4.47. The van der Waals surface area contributed by atoms with Crippen LogP contribution in [0.5, 0.6) is 0 Å². The highest BCUT2D eigenvalue weighted by Gasteiger charge is 2.10. The highest BCUT2D eigenvalue weighted by molar-refractivity contribution is 4.64. The maximum Gasteiger partial charge on any atom is 0.0540 e. The molecule has 0 unspecified atom stereocenters. The number of aliphatic hydroxyl groups is 1. The van der Waals surface area contributed by atoms with Crippen molar-refractivity contribution in [3.63, 3.8) is 0 Å². The van der Waals surface area contributed by atoms with Gasteiger partial charge < -0.3 is 5.11 Å². The Hall–Kier alpha value is -0.0400. The molecule has 1 rings (SSSR count). The van der Waals surface area contributed by atoms with Crippen LogP contribution in [0.1, 0.15) is 45.4 Å². The van der Waals surface area contributed by atoms with E-state index < -0.39 is 0 Å². The lowest BCUT2D eigenvalue weighted by Crippen LogP contribution is -2.11. The van der Waals surface area contributed by atoms with Gasteiger partial charge in [-0.15, -0.1) is 0 Å². The van der Waals surface area contributed by atoms with Gasteiger partial charge >= 0.3 is 0 Å². The molecular weight excluding hydrogens is 124 g/mol. The van der Waals surface area contributed by atoms with Crippen molar-refractivity contribution in [1.82, 2.24) is 0 Å². The van der Waals surface area contributed by atoms with E-state index in [4.69, 9.17) is 0 Å². The zero-order valence-corrected chi connectivity index (χ0v) is 6.84. The first-order chi connectivity index (χ1) is 4.79. The second kappa shape index (κ2) is 3.97. The van der Waals surface area contributed by atoms with Crippen molar-refractivity contribution in [1.29, 1.82) is 0 Å². The summed E-state index contributed by atoms with van der Waals surface area (Å²) in [6.45, 7) is 2.32. The van der Waals surface area contributed by atoms with Gasteiger partial charge in [-0.25, -0.2) is 0 Å². The van der Waals surface area contributed by atoms with Crippen LogP contribution in [-0.4, -0.2) is 11.2 Å². The fraction of sp³-hybridized carbons (Fsp3) is 1.00. The average Bonchev–Trinajstić information content (AvgIpc) is 1.84. The van der Waals surface area contributed by atoms with Gasteiger partial charge in [0.15, 0.2) is 0 Å². The molecule has 0 aromatic carbocycles. The Kier molecular flexibility index (Phi) is 3.20. The molecule has 0 radical (unpaired) electrons. The Labute approximate surface area is 63.4 Å². The summed E-state index contributed by atoms with van der Waals surface area (Å²) < 4.78 is 0. The quantitative estimate of drug-likeness (QED) is 0.550. The van der Waals surface area contributed by atoms with Crippen LogP contribution in [0.3, 0.4) is 0 Å². The normalized spacial score (nSPS) is 36.6. The molecule has 0 heterocycles. The van der Waals surface area contributed by atoms with E-state index in [1.807, 2.05) is 0 Å². The third-order valence-electron chi connectivity index (χ3n) is 2.47. The van der Waals surface area contributed by atoms with Crippen LogP contribution in [0.15, 0.2) is 0 Å². The predicted octanol–water partition coefficient (Wildman–Crippen LogP) is 2.34. The maximum absolute atomic E-state index is 9.30. The minimum Gasteiger partial charge on any atom is -0.393 e. The van der Waals surface area contributed by atoms with Crippen LogP contribution in [0.2, 0.25) is 0 Å². The minimum absolute atomic E-state index is 0.00694. The number of aliphatic hydroxyl groups excluding tert-OH is 1. The third-order valence-corrected chi connectivity index (χ3v) is 2.47. The Morgan fingerprint density at radius 2 is 1.50 bits per heavy atom. The lowest BCUT2D eigenvalue weighted by atomic mass is 9.91. The van der Waals surface area contributed by atoms with E-state index in [-0.39, 0.29) is 6.10 Å². The van der Waals surface area contributed by atoms with Crippen LogP contribution < -0.4 is 0 Å². The van der Waals surface area contributed by atoms with Crippen molar-refractivity contribution >= 4 is 0 Å². The van der Waals surface area contributed by atoms with Crippen LogP contribution in [0.25, 0.3) is 0 Å². The second-order valence-corrected chi connectivity index (χ2v) is 3.62. The summed E-state index contributed by atoms with van der Waals surface area (Å²) in [6.07, 6.45) is 7.15. The van der Waals surface area contributed by atoms with Gasteiger partial charge in [0, 0.05) is 0 Å². The standard InChI is InChI=1S/C9H18O/c1-8-4-2-6-9(10)7-3-5-8/h8-10H,2-7H2,1H3/t8-,9+. The Morgan fingerprint density at radius 3 is 2.00 bits per heavy atom. The van der Waals surface area contributed by atoms with E-state index in [0.717, 1.165) is 18.8 Å². The molecule has 0 aliphatic heterocycles. The first kappa shape index (κ1) is 8.06. The van der Waals surface area contributed by atoms with E-state index in [2.05, 4.69) is 6.92 Å². The summed E-state index contributed by atoms with van der Waals surface area (Å²) in [7, 11) is 0. The van der Waals surface area contributed by atoms with Crippen molar-refractivity contribution in [2.45, 2.75) is 51.6 Å². The predicted molar refractivity (Wildman–Crippen MR) is 42.9 cm³/mol. The third kappa shape index (κ3) is 2.70. The van der Waals surface area contributed by atoms with Crippen LogP contribution in [0.4, 0.5) is 0 Å². The van der Waals surface area contributed by atoms with Gasteiger partial charge in [-0.3, -0.25) is 0 Å². The molecule has 1 nitrogen and oxygen atoms in total. The van der Waals surface area contributed by atoms with E-state index in [0.29, 0.717) is 0 Å². The first-order valence-electron chi connectivity index (χ1n) is 4.47. The minimum atomic E-state index is 0.00694. The number of hydrogen-bond acceptors (Lipinski definition) is 1. The van der Waals surface area contributed by atoms with Crippen molar-refractivity contribution < 1.29 is 5.11 Å². The van der Waals surface area contributed by atoms with Gasteiger partial charge in [0.25, 0.3) is 0 Å². The molecule has 1 saturated carbocycles. The van der Waals surface area contributed by atoms with Crippen molar-refractivity contribution in [3.05, 3.63) is 0 Å². The van der Waals surface area contributed by atoms with Crippen LogP contribution >= 0.6 is 0 Å². The molecule has 1 heteroatoms. The van der Waals surface area contributed by atoms with Gasteiger partial charge in [0.05, 0.1) is 6.10 Å². The molecule has 1 aliphatic carbocycles. The van der Waals surface area contributed by atoms with Gasteiger partial charge in [-0.1, -0.05) is 32.6 Å². The molecule has 10 heavy (non-hydrogen) atoms. The number of hydrogen-bond donors (Lipinski definition) is 1. The fourth-order valence-corrected chi connectivity index (χ4v) is 1.69. The SMILES string of the molecule is C[C@H]1CCC[C@@H](O)CCC1. The smallest absolute Gasteiger partial charge is 0.0540 e. The maximum atomic E-state index is 9.30. The largest absolute Gasteiger partial charge is 0.393 e. The van der Waals surface area contributed by atoms with Gasteiger partial charge in [0.2, 0.25) is 0 Å². The highest BCUT2D eigenvalue weighted by Crippen LogP contribution is 2.21.